The Morgan fingerprint density at radius 3 is 2.61 bits per heavy atom. The number of oxazole rings is 1. The second-order valence-corrected chi connectivity index (χ2v) is 8.49. The van der Waals surface area contributed by atoms with E-state index in [4.69, 9.17) is 20.8 Å². The first-order valence-electron chi connectivity index (χ1n) is 11.2. The Bertz CT molecular complexity index is 1260. The largest absolute Gasteiger partial charge is 0.484 e. The van der Waals surface area contributed by atoms with E-state index in [0.29, 0.717) is 39.4 Å². The average molecular weight is 463 g/mol. The van der Waals surface area contributed by atoms with E-state index in [2.05, 4.69) is 31.1 Å². The van der Waals surface area contributed by atoms with E-state index in [9.17, 15) is 4.79 Å². The number of hydrogen-bond donors (Lipinski definition) is 1. The summed E-state index contributed by atoms with van der Waals surface area (Å²) in [7, 11) is 0. The molecular formula is C27H27ClN2O3. The van der Waals surface area contributed by atoms with Gasteiger partial charge in [-0.1, -0.05) is 50.6 Å². The van der Waals surface area contributed by atoms with Gasteiger partial charge >= 0.3 is 0 Å². The molecule has 1 amide bonds. The van der Waals surface area contributed by atoms with Gasteiger partial charge in [-0.05, 0) is 72.4 Å². The maximum absolute atomic E-state index is 12.4. The number of amides is 1. The number of rotatable bonds is 8. The third-order valence-electron chi connectivity index (χ3n) is 5.77. The minimum Gasteiger partial charge on any atom is -0.484 e. The first-order chi connectivity index (χ1) is 16.0. The predicted octanol–water partition coefficient (Wildman–Crippen LogP) is 7.24. The van der Waals surface area contributed by atoms with Crippen LogP contribution in [-0.4, -0.2) is 17.5 Å². The summed E-state index contributed by atoms with van der Waals surface area (Å²) in [4.78, 5) is 17.0. The molecule has 0 fully saturated rings. The van der Waals surface area contributed by atoms with E-state index in [1.165, 1.54) is 11.1 Å². The van der Waals surface area contributed by atoms with Crippen molar-refractivity contribution < 1.29 is 13.9 Å². The second-order valence-electron chi connectivity index (χ2n) is 8.08. The monoisotopic (exact) mass is 462 g/mol. The zero-order chi connectivity index (χ0) is 23.4. The Morgan fingerprint density at radius 2 is 1.88 bits per heavy atom. The van der Waals surface area contributed by atoms with Gasteiger partial charge in [-0.15, -0.1) is 0 Å². The SMILES string of the molecule is CCc1ccc2oc(-c3cc(NC(=O)COc4ccc([C@H](C)CC)cc4)ccc3Cl)nc2c1. The van der Waals surface area contributed by atoms with Crippen LogP contribution in [0.25, 0.3) is 22.6 Å². The summed E-state index contributed by atoms with van der Waals surface area (Å²) in [6, 6.07) is 19.0. The summed E-state index contributed by atoms with van der Waals surface area (Å²) >= 11 is 6.40. The van der Waals surface area contributed by atoms with Gasteiger partial charge in [0, 0.05) is 5.69 Å². The van der Waals surface area contributed by atoms with Crippen molar-refractivity contribution in [2.45, 2.75) is 39.5 Å². The van der Waals surface area contributed by atoms with Gasteiger partial charge in [0.1, 0.15) is 11.3 Å². The van der Waals surface area contributed by atoms with Crippen LogP contribution in [0.15, 0.2) is 65.1 Å². The number of nitrogens with one attached hydrogen (secondary N) is 1. The van der Waals surface area contributed by atoms with Gasteiger partial charge in [0.25, 0.3) is 5.91 Å². The Hall–Kier alpha value is -3.31. The highest BCUT2D eigenvalue weighted by Gasteiger charge is 2.14. The Labute approximate surface area is 198 Å². The molecule has 0 aliphatic carbocycles. The van der Waals surface area contributed by atoms with Crippen LogP contribution in [0.1, 0.15) is 44.2 Å². The van der Waals surface area contributed by atoms with E-state index in [1.807, 2.05) is 42.5 Å². The van der Waals surface area contributed by atoms with Crippen molar-refractivity contribution in [3.8, 4) is 17.2 Å². The van der Waals surface area contributed by atoms with Gasteiger partial charge in [-0.25, -0.2) is 4.98 Å². The summed E-state index contributed by atoms with van der Waals surface area (Å²) in [6.07, 6.45) is 2.00. The predicted molar refractivity (Wildman–Crippen MR) is 133 cm³/mol. The van der Waals surface area contributed by atoms with Gasteiger partial charge in [0.15, 0.2) is 12.2 Å². The fraction of sp³-hybridized carbons (Fsp3) is 0.259. The summed E-state index contributed by atoms with van der Waals surface area (Å²) in [5, 5.41) is 3.34. The second kappa shape index (κ2) is 10.1. The van der Waals surface area contributed by atoms with Crippen LogP contribution in [0.3, 0.4) is 0 Å². The molecule has 0 saturated carbocycles. The average Bonchev–Trinajstić information content (AvgIpc) is 3.26. The molecule has 3 aromatic carbocycles. The first-order valence-corrected chi connectivity index (χ1v) is 11.6. The van der Waals surface area contributed by atoms with Gasteiger partial charge in [0.2, 0.25) is 5.89 Å². The maximum atomic E-state index is 12.4. The van der Waals surface area contributed by atoms with Crippen LogP contribution in [0.2, 0.25) is 5.02 Å². The third kappa shape index (κ3) is 5.37. The lowest BCUT2D eigenvalue weighted by Crippen LogP contribution is -2.20. The van der Waals surface area contributed by atoms with E-state index in [-0.39, 0.29) is 12.5 Å². The van der Waals surface area contributed by atoms with E-state index < -0.39 is 0 Å². The molecule has 0 bridgehead atoms. The molecule has 1 atom stereocenters. The molecule has 1 aromatic heterocycles. The molecule has 0 radical (unpaired) electrons. The lowest BCUT2D eigenvalue weighted by Gasteiger charge is -2.11. The number of halogens is 1. The zero-order valence-electron chi connectivity index (χ0n) is 19.0. The standard InChI is InChI=1S/C27H27ClN2O3/c1-4-17(3)19-7-10-21(11-8-19)32-16-26(31)29-20-9-12-23(28)22(15-20)27-30-24-14-18(5-2)6-13-25(24)33-27/h6-15,17H,4-5,16H2,1-3H3,(H,29,31)/t17-/m1/s1. The number of nitrogens with zero attached hydrogens (tertiary/aromatic N) is 1. The molecule has 1 N–H and O–H groups in total. The van der Waals surface area contributed by atoms with Crippen LogP contribution in [-0.2, 0) is 11.2 Å². The number of hydrogen-bond acceptors (Lipinski definition) is 4. The van der Waals surface area contributed by atoms with Gasteiger partial charge in [-0.3, -0.25) is 4.79 Å². The molecule has 6 heteroatoms. The summed E-state index contributed by atoms with van der Waals surface area (Å²) < 4.78 is 11.5. The molecule has 5 nitrogen and oxygen atoms in total. The van der Waals surface area contributed by atoms with Crippen molar-refractivity contribution in [2.75, 3.05) is 11.9 Å². The number of carbonyl (C=O) groups excluding carboxylic acids is 1. The third-order valence-corrected chi connectivity index (χ3v) is 6.10. The van der Waals surface area contributed by atoms with Crippen molar-refractivity contribution in [3.05, 3.63) is 76.8 Å². The van der Waals surface area contributed by atoms with Gasteiger partial charge < -0.3 is 14.5 Å². The minimum absolute atomic E-state index is 0.0939. The van der Waals surface area contributed by atoms with Crippen LogP contribution in [0, 0.1) is 0 Å². The molecule has 33 heavy (non-hydrogen) atoms. The van der Waals surface area contributed by atoms with Crippen molar-refractivity contribution in [1.82, 2.24) is 4.98 Å². The smallest absolute Gasteiger partial charge is 0.262 e. The number of aromatic nitrogens is 1. The highest BCUT2D eigenvalue weighted by atomic mass is 35.5. The normalized spacial score (nSPS) is 12.0. The van der Waals surface area contributed by atoms with Crippen LogP contribution >= 0.6 is 11.6 Å². The lowest BCUT2D eigenvalue weighted by atomic mass is 9.99. The molecule has 170 valence electrons. The number of aryl methyl sites for hydroxylation is 1. The summed E-state index contributed by atoms with van der Waals surface area (Å²) in [6.45, 7) is 6.35. The Morgan fingerprint density at radius 1 is 1.09 bits per heavy atom. The van der Waals surface area contributed by atoms with Gasteiger partial charge in [0.05, 0.1) is 10.6 Å². The van der Waals surface area contributed by atoms with Crippen molar-refractivity contribution in [3.63, 3.8) is 0 Å². The molecule has 4 aromatic rings. The quantitative estimate of drug-likeness (QED) is 0.299. The molecule has 4 rings (SSSR count). The topological polar surface area (TPSA) is 64.4 Å². The molecule has 0 aliphatic rings. The van der Waals surface area contributed by atoms with E-state index >= 15 is 0 Å². The molecule has 0 unspecified atom stereocenters. The fourth-order valence-corrected chi connectivity index (χ4v) is 3.75. The number of fused-ring (bicyclic) bond motifs is 1. The van der Waals surface area contributed by atoms with Crippen LogP contribution < -0.4 is 10.1 Å². The Balaban J connectivity index is 1.44. The maximum Gasteiger partial charge on any atom is 0.262 e. The summed E-state index contributed by atoms with van der Waals surface area (Å²) in [5.74, 6) is 1.31. The van der Waals surface area contributed by atoms with E-state index in [0.717, 1.165) is 18.4 Å². The minimum atomic E-state index is -0.264. The number of anilines is 1. The number of benzene rings is 3. The zero-order valence-corrected chi connectivity index (χ0v) is 19.8. The van der Waals surface area contributed by atoms with Crippen molar-refractivity contribution in [1.29, 1.82) is 0 Å². The fourth-order valence-electron chi connectivity index (χ4n) is 3.55. The molecule has 0 aliphatic heterocycles. The van der Waals surface area contributed by atoms with Crippen molar-refractivity contribution in [2.24, 2.45) is 0 Å². The van der Waals surface area contributed by atoms with Crippen LogP contribution in [0.4, 0.5) is 5.69 Å². The van der Waals surface area contributed by atoms with E-state index in [1.54, 1.807) is 18.2 Å². The number of carbonyl (C=O) groups is 1. The number of ether oxygens (including phenoxy) is 1. The lowest BCUT2D eigenvalue weighted by molar-refractivity contribution is -0.118. The van der Waals surface area contributed by atoms with Gasteiger partial charge in [-0.2, -0.15) is 0 Å². The highest BCUT2D eigenvalue weighted by molar-refractivity contribution is 6.33. The Kier molecular flexibility index (Phi) is 6.99. The molecule has 0 saturated heterocycles. The summed E-state index contributed by atoms with van der Waals surface area (Å²) in [5.41, 5.74) is 5.12. The highest BCUT2D eigenvalue weighted by Crippen LogP contribution is 2.32. The first kappa shape index (κ1) is 22.9. The van der Waals surface area contributed by atoms with Crippen molar-refractivity contribution >= 4 is 34.3 Å². The molecular weight excluding hydrogens is 436 g/mol. The molecule has 0 spiro atoms. The van der Waals surface area contributed by atoms with Crippen LogP contribution in [0.5, 0.6) is 5.75 Å². The molecule has 1 heterocycles.